The summed E-state index contributed by atoms with van der Waals surface area (Å²) >= 11 is 0. The second kappa shape index (κ2) is 7.33. The average Bonchev–Trinajstić information content (AvgIpc) is 3.14. The number of nitrogens with zero attached hydrogens (tertiary/aromatic N) is 5. The summed E-state index contributed by atoms with van der Waals surface area (Å²) in [6, 6.07) is 0. The van der Waals surface area contributed by atoms with Gasteiger partial charge in [0.25, 0.3) is 5.56 Å². The summed E-state index contributed by atoms with van der Waals surface area (Å²) in [6.07, 6.45) is 1.64. The molecule has 0 spiro atoms. The number of carbonyl (C=O) groups excluding carboxylic acids is 2. The number of esters is 2. The van der Waals surface area contributed by atoms with Crippen LogP contribution >= 0.6 is 0 Å². The molecule has 0 radical (unpaired) electrons. The van der Waals surface area contributed by atoms with E-state index in [0.29, 0.717) is 11.5 Å². The van der Waals surface area contributed by atoms with E-state index < -0.39 is 29.7 Å². The van der Waals surface area contributed by atoms with Gasteiger partial charge < -0.3 is 14.0 Å². The standard InChI is InChI=1S/C17H21N5O6/c1-5-27-11(23)8-20-10(3)7-21-13-14(18-16(20)21)19(4)17(26)22(15(13)25)9-12(24)28-6-2/h7H,5-6,8-9H2,1-4H3. The van der Waals surface area contributed by atoms with Gasteiger partial charge in [-0.15, -0.1) is 0 Å². The first-order chi connectivity index (χ1) is 13.3. The molecule has 0 bridgehead atoms. The molecule has 150 valence electrons. The number of fused-ring (bicyclic) bond motifs is 3. The van der Waals surface area contributed by atoms with Crippen molar-refractivity contribution in [3.8, 4) is 0 Å². The smallest absolute Gasteiger partial charge is 0.333 e. The lowest BCUT2D eigenvalue weighted by Crippen LogP contribution is -2.41. The molecular weight excluding hydrogens is 370 g/mol. The highest BCUT2D eigenvalue weighted by Gasteiger charge is 2.22. The average molecular weight is 391 g/mol. The zero-order chi connectivity index (χ0) is 20.6. The third kappa shape index (κ3) is 3.08. The van der Waals surface area contributed by atoms with Gasteiger partial charge in [0, 0.05) is 18.9 Å². The molecule has 0 aliphatic heterocycles. The summed E-state index contributed by atoms with van der Waals surface area (Å²) in [4.78, 5) is 53.6. The maximum atomic E-state index is 12.9. The molecule has 3 heterocycles. The summed E-state index contributed by atoms with van der Waals surface area (Å²) in [7, 11) is 1.46. The van der Waals surface area contributed by atoms with Gasteiger partial charge in [-0.25, -0.2) is 9.36 Å². The monoisotopic (exact) mass is 391 g/mol. The van der Waals surface area contributed by atoms with Crippen LogP contribution in [-0.4, -0.2) is 48.2 Å². The van der Waals surface area contributed by atoms with Gasteiger partial charge in [0.15, 0.2) is 11.2 Å². The Morgan fingerprint density at radius 2 is 1.61 bits per heavy atom. The Morgan fingerprint density at radius 1 is 1.04 bits per heavy atom. The fourth-order valence-electron chi connectivity index (χ4n) is 3.06. The first-order valence-electron chi connectivity index (χ1n) is 8.79. The van der Waals surface area contributed by atoms with Crippen LogP contribution in [0.2, 0.25) is 0 Å². The number of carbonyl (C=O) groups is 2. The summed E-state index contributed by atoms with van der Waals surface area (Å²) in [5, 5.41) is 0. The van der Waals surface area contributed by atoms with Gasteiger partial charge in [0.1, 0.15) is 13.1 Å². The number of rotatable bonds is 6. The molecule has 0 amide bonds. The minimum atomic E-state index is -0.683. The van der Waals surface area contributed by atoms with E-state index in [9.17, 15) is 19.2 Å². The van der Waals surface area contributed by atoms with Crippen LogP contribution < -0.4 is 11.2 Å². The van der Waals surface area contributed by atoms with Crippen molar-refractivity contribution in [2.45, 2.75) is 33.9 Å². The Bertz CT molecular complexity index is 1200. The molecule has 3 rings (SSSR count). The number of hydrogen-bond acceptors (Lipinski definition) is 7. The number of aromatic nitrogens is 5. The molecule has 3 aromatic rings. The molecule has 0 aliphatic carbocycles. The van der Waals surface area contributed by atoms with Crippen LogP contribution in [0, 0.1) is 6.92 Å². The highest BCUT2D eigenvalue weighted by Crippen LogP contribution is 2.16. The van der Waals surface area contributed by atoms with Crippen molar-refractivity contribution < 1.29 is 19.1 Å². The van der Waals surface area contributed by atoms with E-state index in [1.54, 1.807) is 31.5 Å². The Labute approximate surface area is 158 Å². The van der Waals surface area contributed by atoms with E-state index in [1.165, 1.54) is 16.0 Å². The van der Waals surface area contributed by atoms with Crippen LogP contribution in [0.25, 0.3) is 16.9 Å². The Balaban J connectivity index is 2.23. The van der Waals surface area contributed by atoms with Crippen molar-refractivity contribution in [2.24, 2.45) is 7.05 Å². The van der Waals surface area contributed by atoms with E-state index in [1.807, 2.05) is 0 Å². The van der Waals surface area contributed by atoms with Crippen molar-refractivity contribution in [2.75, 3.05) is 13.2 Å². The summed E-state index contributed by atoms with van der Waals surface area (Å²) in [6.45, 7) is 4.93. The number of hydrogen-bond donors (Lipinski definition) is 0. The lowest BCUT2D eigenvalue weighted by atomic mass is 10.4. The molecule has 0 N–H and O–H groups in total. The van der Waals surface area contributed by atoms with Crippen molar-refractivity contribution in [3.63, 3.8) is 0 Å². The van der Waals surface area contributed by atoms with Crippen molar-refractivity contribution in [1.29, 1.82) is 0 Å². The molecule has 0 aromatic carbocycles. The maximum Gasteiger partial charge on any atom is 0.333 e. The number of aryl methyl sites for hydroxylation is 2. The van der Waals surface area contributed by atoms with Crippen LogP contribution in [0.5, 0.6) is 0 Å². The topological polar surface area (TPSA) is 119 Å². The van der Waals surface area contributed by atoms with E-state index in [2.05, 4.69) is 4.98 Å². The number of ether oxygens (including phenoxy) is 2. The number of imidazole rings is 2. The van der Waals surface area contributed by atoms with Crippen molar-refractivity contribution >= 4 is 28.9 Å². The molecule has 28 heavy (non-hydrogen) atoms. The quantitative estimate of drug-likeness (QED) is 0.524. The molecule has 0 fully saturated rings. The van der Waals surface area contributed by atoms with Crippen molar-refractivity contribution in [3.05, 3.63) is 32.7 Å². The molecule has 0 aliphatic rings. The zero-order valence-electron chi connectivity index (χ0n) is 16.1. The van der Waals surface area contributed by atoms with Crippen LogP contribution in [0.3, 0.4) is 0 Å². The summed E-state index contributed by atoms with van der Waals surface area (Å²) < 4.78 is 14.9. The maximum absolute atomic E-state index is 12.9. The van der Waals surface area contributed by atoms with E-state index in [0.717, 1.165) is 4.57 Å². The van der Waals surface area contributed by atoms with Gasteiger partial charge in [0.2, 0.25) is 5.78 Å². The van der Waals surface area contributed by atoms with Gasteiger partial charge in [-0.2, -0.15) is 4.98 Å². The molecule has 0 unspecified atom stereocenters. The second-order valence-corrected chi connectivity index (χ2v) is 6.15. The molecule has 0 saturated carbocycles. The lowest BCUT2D eigenvalue weighted by molar-refractivity contribution is -0.144. The molecule has 11 nitrogen and oxygen atoms in total. The predicted molar refractivity (Wildman–Crippen MR) is 98.2 cm³/mol. The zero-order valence-corrected chi connectivity index (χ0v) is 16.1. The van der Waals surface area contributed by atoms with Crippen LogP contribution in [0.15, 0.2) is 15.8 Å². The van der Waals surface area contributed by atoms with E-state index in [4.69, 9.17) is 9.47 Å². The third-order valence-electron chi connectivity index (χ3n) is 4.33. The van der Waals surface area contributed by atoms with Gasteiger partial charge in [0.05, 0.1) is 13.2 Å². The van der Waals surface area contributed by atoms with Gasteiger partial charge in [-0.1, -0.05) is 0 Å². The molecule has 11 heteroatoms. The second-order valence-electron chi connectivity index (χ2n) is 6.15. The summed E-state index contributed by atoms with van der Waals surface area (Å²) in [5.41, 5.74) is -0.371. The van der Waals surface area contributed by atoms with E-state index >= 15 is 0 Å². The minimum absolute atomic E-state index is 0.0789. The largest absolute Gasteiger partial charge is 0.465 e. The molecule has 3 aromatic heterocycles. The molecule has 0 atom stereocenters. The molecule has 0 saturated heterocycles. The Hall–Kier alpha value is -3.37. The van der Waals surface area contributed by atoms with Gasteiger partial charge in [-0.05, 0) is 20.8 Å². The normalized spacial score (nSPS) is 11.3. The molecular formula is C17H21N5O6. The fourth-order valence-corrected chi connectivity index (χ4v) is 3.06. The SMILES string of the molecule is CCOC(=O)Cn1c(=O)c2c(nc3n(CC(=O)OCC)c(C)cn23)n(C)c1=O. The van der Waals surface area contributed by atoms with Crippen LogP contribution in [-0.2, 0) is 39.2 Å². The third-order valence-corrected chi connectivity index (χ3v) is 4.33. The lowest BCUT2D eigenvalue weighted by Gasteiger charge is -2.07. The van der Waals surface area contributed by atoms with Crippen molar-refractivity contribution in [1.82, 2.24) is 23.1 Å². The van der Waals surface area contributed by atoms with E-state index in [-0.39, 0.29) is 30.9 Å². The first kappa shape index (κ1) is 19.4. The fraction of sp³-hybridized carbons (Fsp3) is 0.471. The predicted octanol–water partition coefficient (Wildman–Crippen LogP) is -0.416. The Kier molecular flexibility index (Phi) is 5.08. The minimum Gasteiger partial charge on any atom is -0.465 e. The highest BCUT2D eigenvalue weighted by atomic mass is 16.5. The van der Waals surface area contributed by atoms with Gasteiger partial charge in [-0.3, -0.25) is 23.4 Å². The van der Waals surface area contributed by atoms with Crippen LogP contribution in [0.4, 0.5) is 0 Å². The summed E-state index contributed by atoms with van der Waals surface area (Å²) in [5.74, 6) is -0.802. The van der Waals surface area contributed by atoms with Crippen LogP contribution in [0.1, 0.15) is 19.5 Å². The highest BCUT2D eigenvalue weighted by molar-refractivity contribution is 5.77. The Morgan fingerprint density at radius 3 is 2.18 bits per heavy atom. The first-order valence-corrected chi connectivity index (χ1v) is 8.79. The van der Waals surface area contributed by atoms with Gasteiger partial charge >= 0.3 is 17.6 Å².